The van der Waals surface area contributed by atoms with Gasteiger partial charge in [-0.3, -0.25) is 0 Å². The van der Waals surface area contributed by atoms with Crippen LogP contribution in [0.5, 0.6) is 0 Å². The Morgan fingerprint density at radius 3 is 2.00 bits per heavy atom. The Morgan fingerprint density at radius 1 is 0.950 bits per heavy atom. The fourth-order valence-electron chi connectivity index (χ4n) is 3.10. The van der Waals surface area contributed by atoms with Crippen LogP contribution in [0, 0.1) is 0 Å². The van der Waals surface area contributed by atoms with Gasteiger partial charge in [-0.05, 0) is 25.6 Å². The quantitative estimate of drug-likeness (QED) is 0.733. The van der Waals surface area contributed by atoms with Gasteiger partial charge in [0, 0.05) is 34.4 Å². The van der Waals surface area contributed by atoms with Crippen LogP contribution in [0.3, 0.4) is 0 Å². The molecule has 0 radical (unpaired) electrons. The number of nitrogens with one attached hydrogen (secondary N) is 1. The van der Waals surface area contributed by atoms with E-state index in [2.05, 4.69) is 72.4 Å². The van der Waals surface area contributed by atoms with Gasteiger partial charge in [0.15, 0.2) is 0 Å². The van der Waals surface area contributed by atoms with E-state index in [1.165, 1.54) is 34.6 Å². The SMILES string of the molecule is CCCC(Cn1c2ccccc2c2ccccc21)NC. The monoisotopic (exact) mass is 266 g/mol. The molecular formula is C18H22N2. The van der Waals surface area contributed by atoms with Gasteiger partial charge in [-0.25, -0.2) is 0 Å². The highest BCUT2D eigenvalue weighted by Gasteiger charge is 2.13. The Morgan fingerprint density at radius 2 is 1.50 bits per heavy atom. The molecule has 0 bridgehead atoms. The van der Waals surface area contributed by atoms with Gasteiger partial charge in [0.05, 0.1) is 0 Å². The van der Waals surface area contributed by atoms with Gasteiger partial charge in [-0.15, -0.1) is 0 Å². The van der Waals surface area contributed by atoms with Crippen LogP contribution in [0.4, 0.5) is 0 Å². The van der Waals surface area contributed by atoms with Crippen molar-refractivity contribution < 1.29 is 0 Å². The molecule has 1 atom stereocenters. The summed E-state index contributed by atoms with van der Waals surface area (Å²) >= 11 is 0. The molecule has 20 heavy (non-hydrogen) atoms. The summed E-state index contributed by atoms with van der Waals surface area (Å²) < 4.78 is 2.46. The van der Waals surface area contributed by atoms with Crippen molar-refractivity contribution in [1.29, 1.82) is 0 Å². The molecule has 0 spiro atoms. The molecule has 0 saturated heterocycles. The van der Waals surface area contributed by atoms with Crippen molar-refractivity contribution in [1.82, 2.24) is 9.88 Å². The highest BCUT2D eigenvalue weighted by atomic mass is 15.0. The summed E-state index contributed by atoms with van der Waals surface area (Å²) in [6.07, 6.45) is 2.42. The number of hydrogen-bond acceptors (Lipinski definition) is 1. The van der Waals surface area contributed by atoms with E-state index in [9.17, 15) is 0 Å². The first kappa shape index (κ1) is 13.2. The smallest absolute Gasteiger partial charge is 0.0491 e. The van der Waals surface area contributed by atoms with E-state index in [1.54, 1.807) is 0 Å². The Balaban J connectivity index is 2.16. The van der Waals surface area contributed by atoms with E-state index in [0.29, 0.717) is 6.04 Å². The fraction of sp³-hybridized carbons (Fsp3) is 0.333. The van der Waals surface area contributed by atoms with Crippen LogP contribution in [0.15, 0.2) is 48.5 Å². The van der Waals surface area contributed by atoms with Gasteiger partial charge < -0.3 is 9.88 Å². The summed E-state index contributed by atoms with van der Waals surface area (Å²) in [7, 11) is 2.06. The molecule has 104 valence electrons. The Bertz CT molecular complexity index is 658. The lowest BCUT2D eigenvalue weighted by Gasteiger charge is -2.17. The van der Waals surface area contributed by atoms with Crippen LogP contribution in [-0.2, 0) is 6.54 Å². The summed E-state index contributed by atoms with van der Waals surface area (Å²) in [4.78, 5) is 0. The van der Waals surface area contributed by atoms with Gasteiger partial charge in [0.25, 0.3) is 0 Å². The Kier molecular flexibility index (Phi) is 3.75. The second-order valence-corrected chi connectivity index (χ2v) is 5.42. The average Bonchev–Trinajstić information content (AvgIpc) is 2.82. The van der Waals surface area contributed by atoms with Crippen molar-refractivity contribution in [3.8, 4) is 0 Å². The number of hydrogen-bond donors (Lipinski definition) is 1. The zero-order valence-electron chi connectivity index (χ0n) is 12.3. The number of fused-ring (bicyclic) bond motifs is 3. The van der Waals surface area contributed by atoms with E-state index in [0.717, 1.165) is 6.54 Å². The topological polar surface area (TPSA) is 17.0 Å². The van der Waals surface area contributed by atoms with Crippen molar-refractivity contribution in [2.24, 2.45) is 0 Å². The third kappa shape index (κ3) is 2.20. The normalized spacial score (nSPS) is 13.1. The fourth-order valence-corrected chi connectivity index (χ4v) is 3.10. The maximum atomic E-state index is 3.45. The first-order valence-electron chi connectivity index (χ1n) is 7.48. The van der Waals surface area contributed by atoms with E-state index < -0.39 is 0 Å². The Hall–Kier alpha value is -1.80. The first-order chi connectivity index (χ1) is 9.85. The molecular weight excluding hydrogens is 244 g/mol. The van der Waals surface area contributed by atoms with Crippen molar-refractivity contribution in [3.05, 3.63) is 48.5 Å². The molecule has 2 nitrogen and oxygen atoms in total. The van der Waals surface area contributed by atoms with Crippen molar-refractivity contribution in [3.63, 3.8) is 0 Å². The van der Waals surface area contributed by atoms with Gasteiger partial charge in [-0.2, -0.15) is 0 Å². The van der Waals surface area contributed by atoms with Crippen LogP contribution in [0.2, 0.25) is 0 Å². The lowest BCUT2D eigenvalue weighted by atomic mass is 10.1. The molecule has 0 amide bonds. The molecule has 1 N–H and O–H groups in total. The summed E-state index contributed by atoms with van der Waals surface area (Å²) in [5.41, 5.74) is 2.68. The molecule has 1 unspecified atom stereocenters. The van der Waals surface area contributed by atoms with Crippen LogP contribution in [-0.4, -0.2) is 17.7 Å². The Labute approximate surface area is 120 Å². The minimum Gasteiger partial charge on any atom is -0.339 e. The maximum absolute atomic E-state index is 3.45. The van der Waals surface area contributed by atoms with Gasteiger partial charge in [-0.1, -0.05) is 49.7 Å². The van der Waals surface area contributed by atoms with E-state index in [-0.39, 0.29) is 0 Å². The molecule has 2 heteroatoms. The van der Waals surface area contributed by atoms with Crippen molar-refractivity contribution >= 4 is 21.8 Å². The third-order valence-corrected chi connectivity index (χ3v) is 4.13. The first-order valence-corrected chi connectivity index (χ1v) is 7.48. The molecule has 3 aromatic rings. The minimum atomic E-state index is 0.527. The molecule has 2 aromatic carbocycles. The van der Waals surface area contributed by atoms with Crippen LogP contribution in [0.25, 0.3) is 21.8 Å². The molecule has 0 aliphatic heterocycles. The molecule has 0 fully saturated rings. The predicted molar refractivity (Wildman–Crippen MR) is 87.2 cm³/mol. The average molecular weight is 266 g/mol. The molecule has 1 aromatic heterocycles. The molecule has 0 aliphatic carbocycles. The molecule has 1 heterocycles. The number of aromatic nitrogens is 1. The summed E-state index contributed by atoms with van der Waals surface area (Å²) in [6.45, 7) is 3.27. The lowest BCUT2D eigenvalue weighted by molar-refractivity contribution is 0.461. The number of benzene rings is 2. The number of likely N-dealkylation sites (N-methyl/N-ethyl adjacent to an activating group) is 1. The van der Waals surface area contributed by atoms with Crippen molar-refractivity contribution in [2.75, 3.05) is 7.05 Å². The standard InChI is InChI=1S/C18H22N2/c1-3-8-14(19-2)13-20-17-11-6-4-9-15(17)16-10-5-7-12-18(16)20/h4-7,9-12,14,19H,3,8,13H2,1-2H3. The maximum Gasteiger partial charge on any atom is 0.0491 e. The second kappa shape index (κ2) is 5.68. The van der Waals surface area contributed by atoms with Crippen LogP contribution in [0.1, 0.15) is 19.8 Å². The van der Waals surface area contributed by atoms with Gasteiger partial charge in [0.2, 0.25) is 0 Å². The molecule has 0 saturated carbocycles. The van der Waals surface area contributed by atoms with E-state index >= 15 is 0 Å². The minimum absolute atomic E-state index is 0.527. The highest BCUT2D eigenvalue weighted by molar-refractivity contribution is 6.07. The van der Waals surface area contributed by atoms with Gasteiger partial charge in [0.1, 0.15) is 0 Å². The molecule has 3 rings (SSSR count). The van der Waals surface area contributed by atoms with Crippen LogP contribution < -0.4 is 5.32 Å². The van der Waals surface area contributed by atoms with E-state index in [4.69, 9.17) is 0 Å². The summed E-state index contributed by atoms with van der Waals surface area (Å²) in [6, 6.07) is 17.9. The van der Waals surface area contributed by atoms with Crippen LogP contribution >= 0.6 is 0 Å². The predicted octanol–water partition coefficient (Wildman–Crippen LogP) is 4.18. The zero-order valence-corrected chi connectivity index (χ0v) is 12.3. The number of para-hydroxylation sites is 2. The highest BCUT2D eigenvalue weighted by Crippen LogP contribution is 2.29. The second-order valence-electron chi connectivity index (χ2n) is 5.42. The van der Waals surface area contributed by atoms with E-state index in [1.807, 2.05) is 0 Å². The summed E-state index contributed by atoms with van der Waals surface area (Å²) in [5.74, 6) is 0. The van der Waals surface area contributed by atoms with Crippen molar-refractivity contribution in [2.45, 2.75) is 32.4 Å². The number of rotatable bonds is 5. The largest absolute Gasteiger partial charge is 0.339 e. The summed E-state index contributed by atoms with van der Waals surface area (Å²) in [5, 5.41) is 6.16. The lowest BCUT2D eigenvalue weighted by Crippen LogP contribution is -2.29. The van der Waals surface area contributed by atoms with Gasteiger partial charge >= 0.3 is 0 Å². The molecule has 0 aliphatic rings. The zero-order chi connectivity index (χ0) is 13.9. The number of nitrogens with zero attached hydrogens (tertiary/aromatic N) is 1. The third-order valence-electron chi connectivity index (χ3n) is 4.13.